The Morgan fingerprint density at radius 3 is 2.12 bits per heavy atom. The molecule has 2 N–H and O–H groups in total. The average Bonchev–Trinajstić information content (AvgIpc) is 1.93. The van der Waals surface area contributed by atoms with Crippen molar-refractivity contribution in [2.24, 2.45) is 16.6 Å². The smallest absolute Gasteiger partial charge is 0.231 e. The van der Waals surface area contributed by atoms with E-state index >= 15 is 0 Å². The summed E-state index contributed by atoms with van der Waals surface area (Å²) in [5, 5.41) is 0. The lowest BCUT2D eigenvalue weighted by Crippen LogP contribution is -2.62. The minimum atomic E-state index is -0.208. The summed E-state index contributed by atoms with van der Waals surface area (Å²) >= 11 is 0. The van der Waals surface area contributed by atoms with Crippen LogP contribution >= 0.6 is 0 Å². The first kappa shape index (κ1) is 11.9. The predicted octanol–water partition coefficient (Wildman–Crippen LogP) is 0.135. The zero-order valence-corrected chi connectivity index (χ0v) is 10.6. The first-order valence-corrected chi connectivity index (χ1v) is 6.00. The second-order valence-corrected chi connectivity index (χ2v) is 6.58. The largest absolute Gasteiger partial charge is 0.369 e. The topological polar surface area (TPSA) is 49.6 Å². The van der Waals surface area contributed by atoms with Crippen LogP contribution in [0.5, 0.6) is 0 Å². The minimum Gasteiger partial charge on any atom is -0.369 e. The predicted molar refractivity (Wildman–Crippen MR) is 64.0 cm³/mol. The lowest BCUT2D eigenvalue weighted by Gasteiger charge is -2.56. The summed E-state index contributed by atoms with van der Waals surface area (Å²) in [6, 6.07) is 0. The van der Waals surface area contributed by atoms with Gasteiger partial charge in [-0.2, -0.15) is 0 Å². The van der Waals surface area contributed by atoms with E-state index in [2.05, 4.69) is 30.7 Å². The zero-order valence-electron chi connectivity index (χ0n) is 10.6. The molecule has 92 valence electrons. The van der Waals surface area contributed by atoms with Gasteiger partial charge in [-0.25, -0.2) is 0 Å². The van der Waals surface area contributed by atoms with E-state index in [1.807, 2.05) is 0 Å². The molecule has 0 radical (unpaired) electrons. The molecule has 1 amide bonds. The molecule has 0 aromatic heterocycles. The second kappa shape index (κ2) is 3.70. The molecule has 2 fully saturated rings. The molecule has 2 bridgehead atoms. The fraction of sp³-hybridized carbons (Fsp3) is 0.917. The molecule has 2 aliphatic rings. The lowest BCUT2D eigenvalue weighted by molar-refractivity contribution is -0.123. The van der Waals surface area contributed by atoms with Gasteiger partial charge in [-0.1, -0.05) is 13.8 Å². The van der Waals surface area contributed by atoms with Crippen molar-refractivity contribution in [2.75, 3.05) is 39.8 Å². The van der Waals surface area contributed by atoms with Gasteiger partial charge in [-0.3, -0.25) is 9.69 Å². The van der Waals surface area contributed by atoms with E-state index < -0.39 is 0 Å². The van der Waals surface area contributed by atoms with E-state index in [1.165, 1.54) is 6.42 Å². The Labute approximate surface area is 97.8 Å². The number of hydrogen-bond donors (Lipinski definition) is 1. The Kier molecular flexibility index (Phi) is 2.75. The number of rotatable bonds is 2. The summed E-state index contributed by atoms with van der Waals surface area (Å²) in [6.07, 6.45) is 1.26. The molecule has 4 nitrogen and oxygen atoms in total. The molecule has 4 heteroatoms. The summed E-state index contributed by atoms with van der Waals surface area (Å²) in [5.74, 6) is -0.208. The number of hydrogen-bond acceptors (Lipinski definition) is 3. The molecule has 0 aliphatic carbocycles. The molecule has 2 unspecified atom stereocenters. The molecule has 2 saturated heterocycles. The van der Waals surface area contributed by atoms with Gasteiger partial charge in [0, 0.05) is 26.2 Å². The Hall–Kier alpha value is -0.610. The highest BCUT2D eigenvalue weighted by atomic mass is 16.1. The van der Waals surface area contributed by atoms with Gasteiger partial charge in [-0.05, 0) is 24.3 Å². The van der Waals surface area contributed by atoms with E-state index in [4.69, 9.17) is 5.73 Å². The molecular formula is C12H23N3O. The number of likely N-dealkylation sites (tertiary alicyclic amines) is 2. The molecule has 0 aromatic carbocycles. The molecular weight excluding hydrogens is 202 g/mol. The van der Waals surface area contributed by atoms with Crippen molar-refractivity contribution in [3.8, 4) is 0 Å². The number of primary amides is 1. The van der Waals surface area contributed by atoms with Crippen LogP contribution in [0.2, 0.25) is 0 Å². The van der Waals surface area contributed by atoms with Gasteiger partial charge in [-0.15, -0.1) is 0 Å². The van der Waals surface area contributed by atoms with E-state index in [1.54, 1.807) is 0 Å². The molecule has 2 rings (SSSR count). The monoisotopic (exact) mass is 225 g/mol. The Balaban J connectivity index is 2.13. The van der Waals surface area contributed by atoms with Crippen LogP contribution in [0.15, 0.2) is 0 Å². The van der Waals surface area contributed by atoms with Crippen LogP contribution in [0, 0.1) is 10.8 Å². The van der Waals surface area contributed by atoms with Crippen molar-refractivity contribution in [1.82, 2.24) is 9.80 Å². The van der Waals surface area contributed by atoms with Crippen molar-refractivity contribution in [2.45, 2.75) is 20.3 Å². The van der Waals surface area contributed by atoms with Crippen LogP contribution in [-0.4, -0.2) is 55.5 Å². The molecule has 16 heavy (non-hydrogen) atoms. The van der Waals surface area contributed by atoms with Crippen molar-refractivity contribution < 1.29 is 4.79 Å². The van der Waals surface area contributed by atoms with Crippen molar-refractivity contribution >= 4 is 5.91 Å². The van der Waals surface area contributed by atoms with Crippen molar-refractivity contribution in [3.05, 3.63) is 0 Å². The molecule has 2 atom stereocenters. The molecule has 0 aromatic rings. The third-order valence-electron chi connectivity index (χ3n) is 3.75. The standard InChI is InChI=1S/C12H23N3O/c1-11-5-12(2,7-14(3)6-11)9-15(8-11)4-10(13)16/h4-9H2,1-3H3,(H2,13,16). The third-order valence-corrected chi connectivity index (χ3v) is 3.75. The fourth-order valence-corrected chi connectivity index (χ4v) is 4.18. The highest BCUT2D eigenvalue weighted by Gasteiger charge is 2.47. The zero-order chi connectivity index (χ0) is 12.0. The van der Waals surface area contributed by atoms with Crippen LogP contribution in [0.1, 0.15) is 20.3 Å². The maximum atomic E-state index is 11.0. The average molecular weight is 225 g/mol. The lowest BCUT2D eigenvalue weighted by atomic mass is 9.65. The summed E-state index contributed by atoms with van der Waals surface area (Å²) < 4.78 is 0. The maximum absolute atomic E-state index is 11.0. The van der Waals surface area contributed by atoms with Crippen molar-refractivity contribution in [1.29, 1.82) is 0 Å². The summed E-state index contributed by atoms with van der Waals surface area (Å²) in [4.78, 5) is 15.7. The van der Waals surface area contributed by atoms with Gasteiger partial charge in [0.1, 0.15) is 0 Å². The Morgan fingerprint density at radius 1 is 1.19 bits per heavy atom. The van der Waals surface area contributed by atoms with Gasteiger partial charge in [0.15, 0.2) is 0 Å². The van der Waals surface area contributed by atoms with E-state index in [0.717, 1.165) is 26.2 Å². The van der Waals surface area contributed by atoms with Gasteiger partial charge >= 0.3 is 0 Å². The first-order chi connectivity index (χ1) is 7.30. The quantitative estimate of drug-likeness (QED) is 0.727. The van der Waals surface area contributed by atoms with Gasteiger partial charge in [0.25, 0.3) is 0 Å². The van der Waals surface area contributed by atoms with Gasteiger partial charge < -0.3 is 10.6 Å². The maximum Gasteiger partial charge on any atom is 0.231 e. The number of nitrogens with two attached hydrogens (primary N) is 1. The first-order valence-electron chi connectivity index (χ1n) is 6.00. The Morgan fingerprint density at radius 2 is 1.69 bits per heavy atom. The van der Waals surface area contributed by atoms with E-state index in [-0.39, 0.29) is 5.91 Å². The minimum absolute atomic E-state index is 0.208. The third kappa shape index (κ3) is 2.38. The molecule has 2 aliphatic heterocycles. The normalized spacial score (nSPS) is 40.9. The number of fused-ring (bicyclic) bond motifs is 2. The van der Waals surface area contributed by atoms with Gasteiger partial charge in [0.2, 0.25) is 5.91 Å². The fourth-order valence-electron chi connectivity index (χ4n) is 4.18. The highest BCUT2D eigenvalue weighted by molar-refractivity contribution is 5.75. The van der Waals surface area contributed by atoms with E-state index in [9.17, 15) is 4.79 Å². The number of carbonyl (C=O) groups excluding carboxylic acids is 1. The summed E-state index contributed by atoms with van der Waals surface area (Å²) in [7, 11) is 2.19. The molecule has 0 saturated carbocycles. The number of amides is 1. The SMILES string of the molecule is CN1CC2(C)CN(CC(N)=O)CC(C)(C1)C2. The number of piperidine rings is 2. The van der Waals surface area contributed by atoms with E-state index in [0.29, 0.717) is 17.4 Å². The highest BCUT2D eigenvalue weighted by Crippen LogP contribution is 2.44. The molecule has 2 heterocycles. The molecule has 0 spiro atoms. The van der Waals surface area contributed by atoms with Crippen LogP contribution in [-0.2, 0) is 4.79 Å². The summed E-state index contributed by atoms with van der Waals surface area (Å²) in [5.41, 5.74) is 5.93. The number of carbonyl (C=O) groups is 1. The van der Waals surface area contributed by atoms with Crippen LogP contribution in [0.4, 0.5) is 0 Å². The van der Waals surface area contributed by atoms with Crippen LogP contribution in [0.3, 0.4) is 0 Å². The van der Waals surface area contributed by atoms with Crippen molar-refractivity contribution in [3.63, 3.8) is 0 Å². The summed E-state index contributed by atoms with van der Waals surface area (Å²) in [6.45, 7) is 9.30. The Bertz CT molecular complexity index is 287. The van der Waals surface area contributed by atoms with Crippen LogP contribution < -0.4 is 5.73 Å². The van der Waals surface area contributed by atoms with Gasteiger partial charge in [0.05, 0.1) is 6.54 Å². The number of nitrogens with zero attached hydrogens (tertiary/aromatic N) is 2. The van der Waals surface area contributed by atoms with Crippen LogP contribution in [0.25, 0.3) is 0 Å². The second-order valence-electron chi connectivity index (χ2n) is 6.58.